The molecule has 4 N–H and O–H groups in total. The van der Waals surface area contributed by atoms with Crippen molar-refractivity contribution in [2.45, 2.75) is 31.7 Å². The number of nitrogens with two attached hydrogens (primary N) is 1. The first-order valence-electron chi connectivity index (χ1n) is 6.83. The molecule has 1 saturated heterocycles. The van der Waals surface area contributed by atoms with Crippen LogP contribution in [0.15, 0.2) is 27.8 Å². The second kappa shape index (κ2) is 6.95. The molecule has 0 amide bonds. The van der Waals surface area contributed by atoms with E-state index in [-0.39, 0.29) is 12.4 Å². The minimum Gasteiger partial charge on any atom is -0.409 e. The summed E-state index contributed by atoms with van der Waals surface area (Å²) in [6.07, 6.45) is 4.09. The second-order valence-corrected chi connectivity index (χ2v) is 5.83. The summed E-state index contributed by atoms with van der Waals surface area (Å²) in [7, 11) is 0. The lowest BCUT2D eigenvalue weighted by molar-refractivity contribution is 0.262. The average molecular weight is 342 g/mol. The Bertz CT molecular complexity index is 491. The topological polar surface area (TPSA) is 82.1 Å². The molecule has 1 unspecified atom stereocenters. The standard InChI is InChI=1S/C14H20BrN3O2/c15-11-5-3-6-12(13(11)14(16)17-20)18-8-2-1-4-10(18)7-9-19/h3,5-6,10,19-20H,1-2,4,7-9H2,(H2,16,17). The molecule has 2 rings (SSSR count). The highest BCUT2D eigenvalue weighted by molar-refractivity contribution is 9.10. The van der Waals surface area contributed by atoms with Crippen molar-refractivity contribution in [3.63, 3.8) is 0 Å². The Morgan fingerprint density at radius 1 is 1.45 bits per heavy atom. The summed E-state index contributed by atoms with van der Waals surface area (Å²) < 4.78 is 0.804. The second-order valence-electron chi connectivity index (χ2n) is 4.97. The van der Waals surface area contributed by atoms with Crippen LogP contribution in [0.4, 0.5) is 5.69 Å². The third kappa shape index (κ3) is 3.07. The maximum atomic E-state index is 9.24. The molecule has 0 aromatic heterocycles. The van der Waals surface area contributed by atoms with E-state index in [1.165, 1.54) is 6.42 Å². The van der Waals surface area contributed by atoms with Gasteiger partial charge >= 0.3 is 0 Å². The van der Waals surface area contributed by atoms with Crippen LogP contribution in [0.1, 0.15) is 31.2 Å². The first-order chi connectivity index (χ1) is 9.69. The van der Waals surface area contributed by atoms with Crippen molar-refractivity contribution in [3.05, 3.63) is 28.2 Å². The van der Waals surface area contributed by atoms with Gasteiger partial charge in [-0.2, -0.15) is 0 Å². The van der Waals surface area contributed by atoms with E-state index in [1.54, 1.807) is 0 Å². The minimum absolute atomic E-state index is 0.0980. The van der Waals surface area contributed by atoms with E-state index in [0.29, 0.717) is 11.6 Å². The number of hydrogen-bond donors (Lipinski definition) is 3. The zero-order valence-electron chi connectivity index (χ0n) is 11.3. The Kier molecular flexibility index (Phi) is 5.25. The fourth-order valence-electron chi connectivity index (χ4n) is 2.82. The van der Waals surface area contributed by atoms with Gasteiger partial charge in [-0.15, -0.1) is 0 Å². The van der Waals surface area contributed by atoms with Gasteiger partial charge in [0.2, 0.25) is 0 Å². The van der Waals surface area contributed by atoms with Crippen LogP contribution >= 0.6 is 15.9 Å². The Hall–Kier alpha value is -1.27. The fourth-order valence-corrected chi connectivity index (χ4v) is 3.38. The Balaban J connectivity index is 2.42. The molecule has 6 heteroatoms. The third-order valence-corrected chi connectivity index (χ3v) is 4.42. The van der Waals surface area contributed by atoms with Gasteiger partial charge in [0.1, 0.15) is 0 Å². The van der Waals surface area contributed by atoms with Gasteiger partial charge in [0, 0.05) is 29.4 Å². The van der Waals surface area contributed by atoms with Crippen molar-refractivity contribution >= 4 is 27.5 Å². The Labute approximate surface area is 127 Å². The van der Waals surface area contributed by atoms with Crippen LogP contribution in [0.2, 0.25) is 0 Å². The van der Waals surface area contributed by atoms with Crippen LogP contribution in [-0.2, 0) is 0 Å². The lowest BCUT2D eigenvalue weighted by atomic mass is 9.97. The van der Waals surface area contributed by atoms with Gasteiger partial charge < -0.3 is 20.9 Å². The van der Waals surface area contributed by atoms with Crippen LogP contribution in [0, 0.1) is 0 Å². The number of rotatable bonds is 4. The van der Waals surface area contributed by atoms with Gasteiger partial charge in [-0.3, -0.25) is 0 Å². The maximum Gasteiger partial charge on any atom is 0.173 e. The van der Waals surface area contributed by atoms with E-state index < -0.39 is 0 Å². The van der Waals surface area contributed by atoms with Crippen LogP contribution in [0.3, 0.4) is 0 Å². The van der Waals surface area contributed by atoms with Crippen molar-refractivity contribution in [1.29, 1.82) is 0 Å². The SMILES string of the molecule is N/C(=N/O)c1c(Br)cccc1N1CCCCC1CCO. The van der Waals surface area contributed by atoms with Gasteiger partial charge in [0.05, 0.1) is 5.56 Å². The molecule has 1 fully saturated rings. The van der Waals surface area contributed by atoms with E-state index in [9.17, 15) is 5.11 Å². The van der Waals surface area contributed by atoms with Crippen molar-refractivity contribution in [3.8, 4) is 0 Å². The largest absolute Gasteiger partial charge is 0.409 e. The number of hydrogen-bond acceptors (Lipinski definition) is 4. The van der Waals surface area contributed by atoms with E-state index >= 15 is 0 Å². The first kappa shape index (κ1) is 15.1. The van der Waals surface area contributed by atoms with E-state index in [4.69, 9.17) is 10.9 Å². The number of aliphatic hydroxyl groups is 1. The minimum atomic E-state index is 0.0980. The molecular weight excluding hydrogens is 322 g/mol. The summed E-state index contributed by atoms with van der Waals surface area (Å²) in [5.74, 6) is 0.0980. The number of nitrogens with zero attached hydrogens (tertiary/aromatic N) is 2. The molecule has 1 aliphatic rings. The zero-order chi connectivity index (χ0) is 14.5. The molecule has 0 bridgehead atoms. The molecule has 1 aliphatic heterocycles. The van der Waals surface area contributed by atoms with Crippen molar-refractivity contribution in [2.75, 3.05) is 18.1 Å². The van der Waals surface area contributed by atoms with Crippen LogP contribution < -0.4 is 10.6 Å². The van der Waals surface area contributed by atoms with Gasteiger partial charge in [-0.05, 0) is 53.7 Å². The van der Waals surface area contributed by atoms with Gasteiger partial charge in [-0.25, -0.2) is 0 Å². The van der Waals surface area contributed by atoms with Crippen LogP contribution in [-0.4, -0.2) is 35.3 Å². The Morgan fingerprint density at radius 3 is 2.95 bits per heavy atom. The van der Waals surface area contributed by atoms with E-state index in [0.717, 1.165) is 36.0 Å². The Morgan fingerprint density at radius 2 is 2.25 bits per heavy atom. The molecule has 1 aromatic carbocycles. The molecule has 20 heavy (non-hydrogen) atoms. The molecule has 0 radical (unpaired) electrons. The molecule has 1 heterocycles. The predicted molar refractivity (Wildman–Crippen MR) is 83.3 cm³/mol. The summed E-state index contributed by atoms with van der Waals surface area (Å²) >= 11 is 3.47. The van der Waals surface area contributed by atoms with Crippen molar-refractivity contribution < 1.29 is 10.3 Å². The molecule has 0 aliphatic carbocycles. The number of halogens is 1. The van der Waals surface area contributed by atoms with E-state index in [2.05, 4.69) is 26.0 Å². The van der Waals surface area contributed by atoms with Gasteiger partial charge in [0.15, 0.2) is 5.84 Å². The van der Waals surface area contributed by atoms with Gasteiger partial charge in [-0.1, -0.05) is 11.2 Å². The predicted octanol–water partition coefficient (Wildman–Crippen LogP) is 2.28. The molecule has 1 aromatic rings. The summed E-state index contributed by atoms with van der Waals surface area (Å²) in [4.78, 5) is 2.26. The van der Waals surface area contributed by atoms with Gasteiger partial charge in [0.25, 0.3) is 0 Å². The number of amidine groups is 1. The first-order valence-corrected chi connectivity index (χ1v) is 7.62. The number of piperidine rings is 1. The quantitative estimate of drug-likeness (QED) is 0.339. The normalized spacial score (nSPS) is 20.2. The van der Waals surface area contributed by atoms with Crippen LogP contribution in [0.5, 0.6) is 0 Å². The molecular formula is C14H20BrN3O2. The van der Waals surface area contributed by atoms with Crippen molar-refractivity contribution in [2.24, 2.45) is 10.9 Å². The smallest absolute Gasteiger partial charge is 0.173 e. The number of anilines is 1. The molecule has 0 saturated carbocycles. The highest BCUT2D eigenvalue weighted by atomic mass is 79.9. The summed E-state index contributed by atoms with van der Waals surface area (Å²) in [6, 6.07) is 6.10. The lowest BCUT2D eigenvalue weighted by Gasteiger charge is -2.38. The number of oxime groups is 1. The van der Waals surface area contributed by atoms with Crippen molar-refractivity contribution in [1.82, 2.24) is 0 Å². The molecule has 0 spiro atoms. The summed E-state index contributed by atoms with van der Waals surface area (Å²) in [5.41, 5.74) is 7.48. The monoisotopic (exact) mass is 341 g/mol. The summed E-state index contributed by atoms with van der Waals surface area (Å²) in [6.45, 7) is 1.10. The zero-order valence-corrected chi connectivity index (χ0v) is 12.9. The highest BCUT2D eigenvalue weighted by Crippen LogP contribution is 2.33. The average Bonchev–Trinajstić information content (AvgIpc) is 2.47. The molecule has 5 nitrogen and oxygen atoms in total. The third-order valence-electron chi connectivity index (χ3n) is 3.75. The fraction of sp³-hybridized carbons (Fsp3) is 0.500. The number of aliphatic hydroxyl groups excluding tert-OH is 1. The molecule has 1 atom stereocenters. The number of benzene rings is 1. The van der Waals surface area contributed by atoms with Crippen LogP contribution in [0.25, 0.3) is 0 Å². The highest BCUT2D eigenvalue weighted by Gasteiger charge is 2.25. The molecule has 110 valence electrons. The lowest BCUT2D eigenvalue weighted by Crippen LogP contribution is -2.41. The summed E-state index contributed by atoms with van der Waals surface area (Å²) in [5, 5.41) is 21.4. The maximum absolute atomic E-state index is 9.24. The van der Waals surface area contributed by atoms with E-state index in [1.807, 2.05) is 18.2 Å².